The summed E-state index contributed by atoms with van der Waals surface area (Å²) < 4.78 is 28.9. The van der Waals surface area contributed by atoms with Crippen LogP contribution in [0.3, 0.4) is 0 Å². The molecule has 0 fully saturated rings. The number of benzene rings is 1. The van der Waals surface area contributed by atoms with Crippen molar-refractivity contribution in [2.24, 2.45) is 5.73 Å². The largest absolute Gasteiger partial charge is 0.465 e. The molecule has 0 aliphatic carbocycles. The van der Waals surface area contributed by atoms with Crippen LogP contribution in [0.5, 0.6) is 0 Å². The van der Waals surface area contributed by atoms with Crippen LogP contribution in [-0.2, 0) is 4.74 Å². The van der Waals surface area contributed by atoms with Gasteiger partial charge in [0.1, 0.15) is 0 Å². The lowest BCUT2D eigenvalue weighted by Crippen LogP contribution is -2.18. The van der Waals surface area contributed by atoms with E-state index < -0.39 is 18.4 Å². The lowest BCUT2D eigenvalue weighted by atomic mass is 10.1. The number of rotatable bonds is 3. The Morgan fingerprint density at radius 1 is 1.33 bits per heavy atom. The third kappa shape index (κ3) is 2.73. The van der Waals surface area contributed by atoms with Gasteiger partial charge in [-0.25, -0.2) is 13.6 Å². The average molecular weight is 215 g/mol. The number of ether oxygens (including phenoxy) is 1. The minimum atomic E-state index is -2.62. The van der Waals surface area contributed by atoms with Crippen molar-refractivity contribution in [1.82, 2.24) is 0 Å². The zero-order valence-electron chi connectivity index (χ0n) is 8.11. The van der Waals surface area contributed by atoms with Crippen molar-refractivity contribution in [1.29, 1.82) is 0 Å². The van der Waals surface area contributed by atoms with Crippen molar-refractivity contribution in [3.8, 4) is 0 Å². The van der Waals surface area contributed by atoms with E-state index in [4.69, 9.17) is 5.73 Å². The summed E-state index contributed by atoms with van der Waals surface area (Å²) in [5.41, 5.74) is 5.83. The maximum absolute atomic E-state index is 12.2. The number of hydrogen-bond acceptors (Lipinski definition) is 3. The molecule has 0 amide bonds. The summed E-state index contributed by atoms with van der Waals surface area (Å²) in [6.45, 7) is 0. The third-order valence-corrected chi connectivity index (χ3v) is 1.99. The molecule has 3 nitrogen and oxygen atoms in total. The highest BCUT2D eigenvalue weighted by Crippen LogP contribution is 2.18. The smallest absolute Gasteiger partial charge is 0.337 e. The Balaban J connectivity index is 2.85. The molecule has 0 heterocycles. The molecule has 0 unspecified atom stereocenters. The monoisotopic (exact) mass is 215 g/mol. The molecular weight excluding hydrogens is 204 g/mol. The molecule has 0 aliphatic heterocycles. The molecule has 0 spiro atoms. The summed E-state index contributed by atoms with van der Waals surface area (Å²) in [7, 11) is 1.25. The fourth-order valence-electron chi connectivity index (χ4n) is 1.10. The fourth-order valence-corrected chi connectivity index (χ4v) is 1.10. The molecule has 1 atom stereocenters. The van der Waals surface area contributed by atoms with E-state index in [-0.39, 0.29) is 5.56 Å². The molecule has 0 aromatic heterocycles. The van der Waals surface area contributed by atoms with Crippen LogP contribution in [0.4, 0.5) is 8.78 Å². The molecule has 0 bridgehead atoms. The number of halogens is 2. The van der Waals surface area contributed by atoms with Crippen LogP contribution in [0.1, 0.15) is 22.0 Å². The molecule has 1 aromatic rings. The van der Waals surface area contributed by atoms with Gasteiger partial charge < -0.3 is 10.5 Å². The molecule has 82 valence electrons. The van der Waals surface area contributed by atoms with Crippen molar-refractivity contribution in [2.75, 3.05) is 7.11 Å². The van der Waals surface area contributed by atoms with Gasteiger partial charge in [0.05, 0.1) is 18.7 Å². The van der Waals surface area contributed by atoms with E-state index in [1.807, 2.05) is 0 Å². The highest BCUT2D eigenvalue weighted by molar-refractivity contribution is 5.89. The molecule has 0 saturated carbocycles. The predicted octanol–water partition coefficient (Wildman–Crippen LogP) is 1.74. The van der Waals surface area contributed by atoms with Crippen molar-refractivity contribution in [2.45, 2.75) is 12.5 Å². The number of nitrogens with two attached hydrogens (primary N) is 1. The third-order valence-electron chi connectivity index (χ3n) is 1.99. The standard InChI is InChI=1S/C10H11F2NO2/c1-15-10(14)7-4-2-6(3-5-7)8(13)9(11)12/h2-5,8-9H,13H2,1H3/t8-/m1/s1. The summed E-state index contributed by atoms with van der Waals surface area (Å²) in [6.07, 6.45) is -2.62. The molecule has 1 rings (SSSR count). The van der Waals surface area contributed by atoms with Crippen molar-refractivity contribution in [3.05, 3.63) is 35.4 Å². The van der Waals surface area contributed by atoms with E-state index in [1.54, 1.807) is 0 Å². The predicted molar refractivity (Wildman–Crippen MR) is 50.7 cm³/mol. The first kappa shape index (κ1) is 11.6. The summed E-state index contributed by atoms with van der Waals surface area (Å²) in [4.78, 5) is 11.0. The van der Waals surface area contributed by atoms with E-state index in [0.29, 0.717) is 5.56 Å². The second kappa shape index (κ2) is 4.84. The molecule has 5 heteroatoms. The van der Waals surface area contributed by atoms with Gasteiger partial charge in [-0.1, -0.05) is 12.1 Å². The first-order valence-corrected chi connectivity index (χ1v) is 4.28. The molecule has 2 N–H and O–H groups in total. The highest BCUT2D eigenvalue weighted by atomic mass is 19.3. The number of methoxy groups -OCH3 is 1. The Kier molecular flexibility index (Phi) is 3.74. The normalized spacial score (nSPS) is 12.6. The second-order valence-corrected chi connectivity index (χ2v) is 2.97. The number of alkyl halides is 2. The zero-order chi connectivity index (χ0) is 11.4. The number of hydrogen-bond donors (Lipinski definition) is 1. The molecule has 0 saturated heterocycles. The Labute approximate surface area is 85.8 Å². The van der Waals surface area contributed by atoms with E-state index in [0.717, 1.165) is 0 Å². The molecule has 0 radical (unpaired) electrons. The maximum atomic E-state index is 12.2. The first-order valence-electron chi connectivity index (χ1n) is 4.28. The minimum Gasteiger partial charge on any atom is -0.465 e. The van der Waals surface area contributed by atoms with E-state index in [2.05, 4.69) is 4.74 Å². The van der Waals surface area contributed by atoms with Crippen molar-refractivity contribution >= 4 is 5.97 Å². The molecular formula is C10H11F2NO2. The lowest BCUT2D eigenvalue weighted by Gasteiger charge is -2.10. The Bertz CT molecular complexity index is 338. The first-order chi connectivity index (χ1) is 7.06. The number of carbonyl (C=O) groups is 1. The number of carbonyl (C=O) groups excluding carboxylic acids is 1. The van der Waals surface area contributed by atoms with Crippen molar-refractivity contribution in [3.63, 3.8) is 0 Å². The fraction of sp³-hybridized carbons (Fsp3) is 0.300. The van der Waals surface area contributed by atoms with Gasteiger partial charge in [-0.3, -0.25) is 0 Å². The molecule has 0 aliphatic rings. The minimum absolute atomic E-state index is 0.289. The van der Waals surface area contributed by atoms with Crippen LogP contribution in [0, 0.1) is 0 Å². The van der Waals surface area contributed by atoms with Crippen molar-refractivity contribution < 1.29 is 18.3 Å². The average Bonchev–Trinajstić information content (AvgIpc) is 2.27. The van der Waals surface area contributed by atoms with Crippen LogP contribution in [0.2, 0.25) is 0 Å². The Morgan fingerprint density at radius 3 is 2.27 bits per heavy atom. The van der Waals surface area contributed by atoms with Gasteiger partial charge in [-0.15, -0.1) is 0 Å². The van der Waals surface area contributed by atoms with Gasteiger partial charge >= 0.3 is 5.97 Å². The van der Waals surface area contributed by atoms with E-state index in [9.17, 15) is 13.6 Å². The maximum Gasteiger partial charge on any atom is 0.337 e. The van der Waals surface area contributed by atoms with Gasteiger partial charge in [-0.05, 0) is 17.7 Å². The summed E-state index contributed by atoms with van der Waals surface area (Å²) >= 11 is 0. The van der Waals surface area contributed by atoms with Gasteiger partial charge in [0.2, 0.25) is 0 Å². The topological polar surface area (TPSA) is 52.3 Å². The van der Waals surface area contributed by atoms with Gasteiger partial charge in [0.15, 0.2) is 0 Å². The Hall–Kier alpha value is -1.49. The number of esters is 1. The zero-order valence-corrected chi connectivity index (χ0v) is 8.11. The lowest BCUT2D eigenvalue weighted by molar-refractivity contribution is 0.0600. The van der Waals surface area contributed by atoms with Gasteiger partial charge in [0, 0.05) is 0 Å². The molecule has 15 heavy (non-hydrogen) atoms. The second-order valence-electron chi connectivity index (χ2n) is 2.97. The van der Waals surface area contributed by atoms with Gasteiger partial charge in [0.25, 0.3) is 6.43 Å². The van der Waals surface area contributed by atoms with Crippen LogP contribution >= 0.6 is 0 Å². The summed E-state index contributed by atoms with van der Waals surface area (Å²) in [6, 6.07) is 4.27. The van der Waals surface area contributed by atoms with Crippen LogP contribution in [-0.4, -0.2) is 19.5 Å². The summed E-state index contributed by atoms with van der Waals surface area (Å²) in [5, 5.41) is 0. The van der Waals surface area contributed by atoms with Gasteiger partial charge in [-0.2, -0.15) is 0 Å². The SMILES string of the molecule is COC(=O)c1ccc([C@@H](N)C(F)F)cc1. The van der Waals surface area contributed by atoms with Crippen LogP contribution < -0.4 is 5.73 Å². The van der Waals surface area contributed by atoms with Crippen LogP contribution in [0.25, 0.3) is 0 Å². The Morgan fingerprint density at radius 2 is 1.87 bits per heavy atom. The van der Waals surface area contributed by atoms with E-state index >= 15 is 0 Å². The van der Waals surface area contributed by atoms with Crippen LogP contribution in [0.15, 0.2) is 24.3 Å². The highest BCUT2D eigenvalue weighted by Gasteiger charge is 2.17. The summed E-state index contributed by atoms with van der Waals surface area (Å²) in [5.74, 6) is -0.507. The van der Waals surface area contributed by atoms with E-state index in [1.165, 1.54) is 31.4 Å². The quantitative estimate of drug-likeness (QED) is 0.781. The molecule has 1 aromatic carbocycles.